The Morgan fingerprint density at radius 3 is 2.61 bits per heavy atom. The zero-order valence-electron chi connectivity index (χ0n) is 12.2. The Morgan fingerprint density at radius 1 is 0.957 bits per heavy atom. The largest absolute Gasteiger partial charge is 0.293 e. The summed E-state index contributed by atoms with van der Waals surface area (Å²) in [7, 11) is 0. The van der Waals surface area contributed by atoms with E-state index in [9.17, 15) is 4.79 Å². The van der Waals surface area contributed by atoms with Crippen LogP contribution in [0, 0.1) is 0 Å². The Kier molecular flexibility index (Phi) is 3.20. The highest BCUT2D eigenvalue weighted by atomic mass is 16.1. The van der Waals surface area contributed by atoms with E-state index in [1.807, 2.05) is 48.5 Å². The van der Waals surface area contributed by atoms with Gasteiger partial charge in [0.05, 0.1) is 41.4 Å². The topological polar surface area (TPSA) is 65.6 Å². The molecule has 112 valence electrons. The lowest BCUT2D eigenvalue weighted by atomic mass is 10.2. The molecule has 0 N–H and O–H groups in total. The molecule has 0 aliphatic carbocycles. The zero-order valence-corrected chi connectivity index (χ0v) is 12.2. The van der Waals surface area contributed by atoms with E-state index < -0.39 is 0 Å². The smallest absolute Gasteiger partial charge is 0.261 e. The molecule has 0 aliphatic heterocycles. The molecule has 0 atom stereocenters. The fourth-order valence-corrected chi connectivity index (χ4v) is 2.54. The molecule has 0 saturated heterocycles. The zero-order chi connectivity index (χ0) is 15.6. The number of nitrogens with zero attached hydrogens (tertiary/aromatic N) is 5. The summed E-state index contributed by atoms with van der Waals surface area (Å²) in [5.41, 5.74) is 2.34. The lowest BCUT2D eigenvalue weighted by Crippen LogP contribution is -2.22. The number of benzene rings is 2. The monoisotopic (exact) mass is 303 g/mol. The minimum Gasteiger partial charge on any atom is -0.293 e. The average molecular weight is 303 g/mol. The minimum absolute atomic E-state index is 0.0728. The van der Waals surface area contributed by atoms with E-state index in [0.717, 1.165) is 11.4 Å². The van der Waals surface area contributed by atoms with Gasteiger partial charge in [-0.1, -0.05) is 35.5 Å². The molecule has 0 saturated carbocycles. The van der Waals surface area contributed by atoms with E-state index in [1.165, 1.54) is 0 Å². The van der Waals surface area contributed by atoms with Gasteiger partial charge in [-0.2, -0.15) is 0 Å². The van der Waals surface area contributed by atoms with E-state index in [0.29, 0.717) is 17.4 Å². The quantitative estimate of drug-likeness (QED) is 0.581. The molecule has 6 nitrogen and oxygen atoms in total. The van der Waals surface area contributed by atoms with Gasteiger partial charge in [-0.25, -0.2) is 9.67 Å². The normalized spacial score (nSPS) is 11.0. The first kappa shape index (κ1) is 13.4. The van der Waals surface area contributed by atoms with Crippen molar-refractivity contribution < 1.29 is 0 Å². The van der Waals surface area contributed by atoms with Crippen LogP contribution in [0.1, 0.15) is 5.69 Å². The summed E-state index contributed by atoms with van der Waals surface area (Å²) in [6.07, 6.45) is 3.22. The molecule has 0 radical (unpaired) electrons. The molecular formula is C17H13N5O. The molecular weight excluding hydrogens is 290 g/mol. The van der Waals surface area contributed by atoms with Gasteiger partial charge in [0.2, 0.25) is 0 Å². The lowest BCUT2D eigenvalue weighted by Gasteiger charge is -2.08. The predicted octanol–water partition coefficient (Wildman–Crippen LogP) is 2.03. The standard InChI is InChI=1S/C17H13N5O/c23-17-15-8-4-5-9-16(15)18-12-21(17)11-14-10-19-20-22(14)13-6-2-1-3-7-13/h1-10,12H,11H2. The third kappa shape index (κ3) is 2.40. The van der Waals surface area contributed by atoms with Gasteiger partial charge >= 0.3 is 0 Å². The van der Waals surface area contributed by atoms with Gasteiger partial charge in [0, 0.05) is 0 Å². The van der Waals surface area contributed by atoms with Crippen molar-refractivity contribution in [2.75, 3.05) is 0 Å². The Balaban J connectivity index is 1.77. The second-order valence-electron chi connectivity index (χ2n) is 5.17. The number of para-hydroxylation sites is 2. The molecule has 4 rings (SSSR count). The maximum Gasteiger partial charge on any atom is 0.261 e. The van der Waals surface area contributed by atoms with Gasteiger partial charge in [-0.3, -0.25) is 9.36 Å². The summed E-state index contributed by atoms with van der Waals surface area (Å²) in [6.45, 7) is 0.360. The van der Waals surface area contributed by atoms with Crippen LogP contribution in [0.3, 0.4) is 0 Å². The van der Waals surface area contributed by atoms with E-state index in [4.69, 9.17) is 0 Å². The van der Waals surface area contributed by atoms with Crippen LogP contribution in [0.2, 0.25) is 0 Å². The summed E-state index contributed by atoms with van der Waals surface area (Å²) in [5, 5.41) is 8.67. The van der Waals surface area contributed by atoms with Crippen LogP contribution in [0.5, 0.6) is 0 Å². The van der Waals surface area contributed by atoms with E-state index >= 15 is 0 Å². The van der Waals surface area contributed by atoms with Crippen LogP contribution in [0.15, 0.2) is 71.9 Å². The lowest BCUT2D eigenvalue weighted by molar-refractivity contribution is 0.683. The molecule has 2 aromatic carbocycles. The highest BCUT2D eigenvalue weighted by molar-refractivity contribution is 5.76. The molecule has 2 heterocycles. The van der Waals surface area contributed by atoms with Gasteiger partial charge < -0.3 is 0 Å². The number of rotatable bonds is 3. The highest BCUT2D eigenvalue weighted by Crippen LogP contribution is 2.10. The first-order valence-electron chi connectivity index (χ1n) is 7.22. The fourth-order valence-electron chi connectivity index (χ4n) is 2.54. The van der Waals surface area contributed by atoms with Gasteiger partial charge in [-0.15, -0.1) is 5.10 Å². The molecule has 4 aromatic rings. The fraction of sp³-hybridized carbons (Fsp3) is 0.0588. The second-order valence-corrected chi connectivity index (χ2v) is 5.17. The minimum atomic E-state index is -0.0728. The van der Waals surface area contributed by atoms with Crippen molar-refractivity contribution in [3.63, 3.8) is 0 Å². The Labute approximate surface area is 131 Å². The van der Waals surface area contributed by atoms with Crippen LogP contribution in [0.4, 0.5) is 0 Å². The van der Waals surface area contributed by atoms with Crippen molar-refractivity contribution in [2.45, 2.75) is 6.54 Å². The van der Waals surface area contributed by atoms with Gasteiger partial charge in [0.25, 0.3) is 5.56 Å². The summed E-state index contributed by atoms with van der Waals surface area (Å²) in [6, 6.07) is 17.0. The Bertz CT molecular complexity index is 1020. The van der Waals surface area contributed by atoms with E-state index in [2.05, 4.69) is 15.3 Å². The molecule has 6 heteroatoms. The number of aromatic nitrogens is 5. The van der Waals surface area contributed by atoms with Crippen LogP contribution in [0.25, 0.3) is 16.6 Å². The van der Waals surface area contributed by atoms with Crippen LogP contribution in [-0.4, -0.2) is 24.5 Å². The number of fused-ring (bicyclic) bond motifs is 1. The van der Waals surface area contributed by atoms with Crippen molar-refractivity contribution >= 4 is 10.9 Å². The number of hydrogen-bond donors (Lipinski definition) is 0. The van der Waals surface area contributed by atoms with E-state index in [1.54, 1.807) is 27.8 Å². The molecule has 0 unspecified atom stereocenters. The predicted molar refractivity (Wildman–Crippen MR) is 86.5 cm³/mol. The third-order valence-electron chi connectivity index (χ3n) is 3.68. The van der Waals surface area contributed by atoms with Crippen molar-refractivity contribution in [1.82, 2.24) is 24.5 Å². The molecule has 0 aliphatic rings. The van der Waals surface area contributed by atoms with Crippen LogP contribution in [-0.2, 0) is 6.54 Å². The maximum atomic E-state index is 12.6. The highest BCUT2D eigenvalue weighted by Gasteiger charge is 2.09. The van der Waals surface area contributed by atoms with Crippen LogP contribution < -0.4 is 5.56 Å². The number of hydrogen-bond acceptors (Lipinski definition) is 4. The Morgan fingerprint density at radius 2 is 1.74 bits per heavy atom. The average Bonchev–Trinajstić information content (AvgIpc) is 3.07. The Hall–Kier alpha value is -3.28. The van der Waals surface area contributed by atoms with Crippen molar-refractivity contribution in [3.05, 3.63) is 83.2 Å². The molecule has 0 spiro atoms. The van der Waals surface area contributed by atoms with Gasteiger partial charge in [0.15, 0.2) is 0 Å². The maximum absolute atomic E-state index is 12.6. The third-order valence-corrected chi connectivity index (χ3v) is 3.68. The first-order valence-corrected chi connectivity index (χ1v) is 7.22. The SMILES string of the molecule is O=c1c2ccccc2ncn1Cc1cnnn1-c1ccccc1. The molecule has 0 amide bonds. The van der Waals surface area contributed by atoms with Gasteiger partial charge in [-0.05, 0) is 24.3 Å². The molecule has 2 aromatic heterocycles. The second kappa shape index (κ2) is 5.49. The first-order chi connectivity index (χ1) is 11.3. The summed E-state index contributed by atoms with van der Waals surface area (Å²) >= 11 is 0. The summed E-state index contributed by atoms with van der Waals surface area (Å²) in [5.74, 6) is 0. The summed E-state index contributed by atoms with van der Waals surface area (Å²) in [4.78, 5) is 16.9. The van der Waals surface area contributed by atoms with Crippen molar-refractivity contribution in [3.8, 4) is 5.69 Å². The summed E-state index contributed by atoms with van der Waals surface area (Å²) < 4.78 is 3.29. The van der Waals surface area contributed by atoms with E-state index in [-0.39, 0.29) is 5.56 Å². The van der Waals surface area contributed by atoms with Crippen molar-refractivity contribution in [2.24, 2.45) is 0 Å². The van der Waals surface area contributed by atoms with Crippen molar-refractivity contribution in [1.29, 1.82) is 0 Å². The van der Waals surface area contributed by atoms with Crippen LogP contribution >= 0.6 is 0 Å². The molecule has 0 fully saturated rings. The molecule has 0 bridgehead atoms. The molecule has 23 heavy (non-hydrogen) atoms. The van der Waals surface area contributed by atoms with Gasteiger partial charge in [0.1, 0.15) is 0 Å².